The number of nitrogens with zero attached hydrogens (tertiary/aromatic N) is 2. The van der Waals surface area contributed by atoms with Gasteiger partial charge >= 0.3 is 0 Å². The van der Waals surface area contributed by atoms with Crippen molar-refractivity contribution in [2.45, 2.75) is 32.0 Å². The van der Waals surface area contributed by atoms with Crippen molar-refractivity contribution in [2.24, 2.45) is 5.73 Å². The molecule has 1 atom stereocenters. The maximum atomic E-state index is 11.2. The summed E-state index contributed by atoms with van der Waals surface area (Å²) < 4.78 is 0. The summed E-state index contributed by atoms with van der Waals surface area (Å²) in [5.74, 6) is 0.204. The fraction of sp³-hybridized carbons (Fsp3) is 0.545. The maximum absolute atomic E-state index is 11.2. The van der Waals surface area contributed by atoms with Crippen molar-refractivity contribution in [2.75, 3.05) is 12.3 Å². The molecule has 1 rings (SSSR count). The van der Waals surface area contributed by atoms with Crippen molar-refractivity contribution in [1.82, 2.24) is 15.3 Å². The van der Waals surface area contributed by atoms with Gasteiger partial charge in [-0.1, -0.05) is 18.7 Å². The molecule has 17 heavy (non-hydrogen) atoms. The van der Waals surface area contributed by atoms with E-state index in [4.69, 9.17) is 5.73 Å². The molecule has 3 N–H and O–H groups in total. The van der Waals surface area contributed by atoms with Gasteiger partial charge in [-0.15, -0.1) is 0 Å². The Morgan fingerprint density at radius 3 is 2.53 bits per heavy atom. The third-order valence-corrected chi connectivity index (χ3v) is 3.08. The highest BCUT2D eigenvalue weighted by molar-refractivity contribution is 7.99. The fourth-order valence-electron chi connectivity index (χ4n) is 1.40. The molecule has 0 fully saturated rings. The van der Waals surface area contributed by atoms with E-state index in [1.165, 1.54) is 11.8 Å². The van der Waals surface area contributed by atoms with Gasteiger partial charge in [0, 0.05) is 17.1 Å². The molecular formula is C11H18N4OS. The Kier molecular flexibility index (Phi) is 5.37. The number of hydrogen-bond acceptors (Lipinski definition) is 5. The van der Waals surface area contributed by atoms with E-state index >= 15 is 0 Å². The van der Waals surface area contributed by atoms with E-state index in [-0.39, 0.29) is 11.9 Å². The van der Waals surface area contributed by atoms with E-state index in [2.05, 4.69) is 15.3 Å². The first-order valence-electron chi connectivity index (χ1n) is 5.50. The van der Waals surface area contributed by atoms with Gasteiger partial charge in [0.25, 0.3) is 0 Å². The number of likely N-dealkylation sites (N-methyl/N-ethyl adjacent to an activating group) is 1. The first-order chi connectivity index (χ1) is 8.02. The summed E-state index contributed by atoms with van der Waals surface area (Å²) in [6.45, 7) is 6.50. The maximum Gasteiger partial charge on any atom is 0.235 e. The molecule has 6 heteroatoms. The topological polar surface area (TPSA) is 80.9 Å². The molecule has 0 spiro atoms. The van der Waals surface area contributed by atoms with E-state index in [1.54, 1.807) is 0 Å². The molecule has 0 aromatic carbocycles. The first kappa shape index (κ1) is 13.9. The van der Waals surface area contributed by atoms with E-state index in [0.29, 0.717) is 17.5 Å². The average molecular weight is 254 g/mol. The Balaban J connectivity index is 2.61. The number of nitrogens with one attached hydrogen (secondary N) is 1. The van der Waals surface area contributed by atoms with Crippen LogP contribution in [0.1, 0.15) is 18.3 Å². The summed E-state index contributed by atoms with van der Waals surface area (Å²) in [7, 11) is 0. The molecule has 0 aliphatic rings. The quantitative estimate of drug-likeness (QED) is 0.575. The van der Waals surface area contributed by atoms with Gasteiger partial charge in [0.05, 0.1) is 6.04 Å². The zero-order chi connectivity index (χ0) is 12.8. The molecule has 0 aliphatic heterocycles. The smallest absolute Gasteiger partial charge is 0.235 e. The Morgan fingerprint density at radius 2 is 2.06 bits per heavy atom. The summed E-state index contributed by atoms with van der Waals surface area (Å²) in [6, 6.07) is 1.58. The second kappa shape index (κ2) is 6.56. The lowest BCUT2D eigenvalue weighted by molar-refractivity contribution is -0.119. The lowest BCUT2D eigenvalue weighted by Gasteiger charge is -2.13. The van der Waals surface area contributed by atoms with Gasteiger partial charge < -0.3 is 11.1 Å². The van der Waals surface area contributed by atoms with Crippen LogP contribution in [0.25, 0.3) is 0 Å². The normalized spacial score (nSPS) is 12.4. The van der Waals surface area contributed by atoms with Crippen LogP contribution < -0.4 is 11.1 Å². The number of aryl methyl sites for hydroxylation is 2. The Labute approximate surface area is 106 Å². The number of aromatic nitrogens is 2. The molecule has 1 unspecified atom stereocenters. The number of carbonyl (C=O) groups is 1. The molecule has 0 radical (unpaired) electrons. The van der Waals surface area contributed by atoms with Crippen LogP contribution in [0.5, 0.6) is 0 Å². The number of rotatable bonds is 6. The number of primary amides is 1. The monoisotopic (exact) mass is 254 g/mol. The van der Waals surface area contributed by atoms with E-state index in [9.17, 15) is 4.79 Å². The zero-order valence-electron chi connectivity index (χ0n) is 10.4. The molecule has 0 bridgehead atoms. The second-order valence-electron chi connectivity index (χ2n) is 3.76. The number of carbonyl (C=O) groups excluding carboxylic acids is 1. The third-order valence-electron chi connectivity index (χ3n) is 2.13. The van der Waals surface area contributed by atoms with Crippen LogP contribution in [-0.2, 0) is 4.79 Å². The van der Waals surface area contributed by atoms with Crippen LogP contribution >= 0.6 is 11.8 Å². The van der Waals surface area contributed by atoms with E-state index in [1.807, 2.05) is 26.8 Å². The SMILES string of the molecule is CCNC(CSc1nc(C)cc(C)n1)C(N)=O. The predicted molar refractivity (Wildman–Crippen MR) is 68.9 cm³/mol. The van der Waals surface area contributed by atoms with Crippen LogP contribution in [0.2, 0.25) is 0 Å². The second-order valence-corrected chi connectivity index (χ2v) is 4.74. The molecule has 5 nitrogen and oxygen atoms in total. The van der Waals surface area contributed by atoms with Crippen molar-refractivity contribution in [3.8, 4) is 0 Å². The van der Waals surface area contributed by atoms with E-state index in [0.717, 1.165) is 11.4 Å². The lowest BCUT2D eigenvalue weighted by atomic mass is 10.3. The van der Waals surface area contributed by atoms with Crippen molar-refractivity contribution in [3.05, 3.63) is 17.5 Å². The Morgan fingerprint density at radius 1 is 1.47 bits per heavy atom. The summed E-state index contributed by atoms with van der Waals surface area (Å²) in [4.78, 5) is 19.7. The van der Waals surface area contributed by atoms with Gasteiger partial charge in [-0.2, -0.15) is 0 Å². The van der Waals surface area contributed by atoms with Gasteiger partial charge in [-0.3, -0.25) is 4.79 Å². The zero-order valence-corrected chi connectivity index (χ0v) is 11.2. The molecular weight excluding hydrogens is 236 g/mol. The Bertz CT molecular complexity index is 377. The minimum absolute atomic E-state index is 0.339. The first-order valence-corrected chi connectivity index (χ1v) is 6.49. The van der Waals surface area contributed by atoms with Crippen molar-refractivity contribution in [1.29, 1.82) is 0 Å². The van der Waals surface area contributed by atoms with Gasteiger partial charge in [0.15, 0.2) is 5.16 Å². The average Bonchev–Trinajstić information content (AvgIpc) is 2.22. The van der Waals surface area contributed by atoms with Crippen LogP contribution in [0.3, 0.4) is 0 Å². The van der Waals surface area contributed by atoms with Crippen LogP contribution in [0.4, 0.5) is 0 Å². The molecule has 1 amide bonds. The minimum Gasteiger partial charge on any atom is -0.368 e. The standard InChI is InChI=1S/C11H18N4OS/c1-4-13-9(10(12)16)6-17-11-14-7(2)5-8(3)15-11/h5,9,13H,4,6H2,1-3H3,(H2,12,16). The van der Waals surface area contributed by atoms with Crippen LogP contribution in [0, 0.1) is 13.8 Å². The van der Waals surface area contributed by atoms with Crippen LogP contribution in [0.15, 0.2) is 11.2 Å². The Hall–Kier alpha value is -1.14. The predicted octanol–water partition coefficient (Wildman–Crippen LogP) is 0.649. The molecule has 0 saturated carbocycles. The van der Waals surface area contributed by atoms with Crippen molar-refractivity contribution >= 4 is 17.7 Å². The summed E-state index contributed by atoms with van der Waals surface area (Å²) in [6.07, 6.45) is 0. The molecule has 1 aromatic heterocycles. The number of hydrogen-bond donors (Lipinski definition) is 2. The molecule has 0 saturated heterocycles. The minimum atomic E-state index is -0.344. The van der Waals surface area contributed by atoms with Gasteiger partial charge in [-0.25, -0.2) is 9.97 Å². The van der Waals surface area contributed by atoms with Crippen LogP contribution in [-0.4, -0.2) is 34.2 Å². The summed E-state index contributed by atoms with van der Waals surface area (Å²) in [5, 5.41) is 3.72. The highest BCUT2D eigenvalue weighted by Crippen LogP contribution is 2.15. The summed E-state index contributed by atoms with van der Waals surface area (Å²) >= 11 is 1.44. The number of nitrogens with two attached hydrogens (primary N) is 1. The van der Waals surface area contributed by atoms with Crippen molar-refractivity contribution in [3.63, 3.8) is 0 Å². The molecule has 0 aliphatic carbocycles. The largest absolute Gasteiger partial charge is 0.368 e. The highest BCUT2D eigenvalue weighted by atomic mass is 32.2. The van der Waals surface area contributed by atoms with E-state index < -0.39 is 0 Å². The fourth-order valence-corrected chi connectivity index (χ4v) is 2.42. The molecule has 1 heterocycles. The third kappa shape index (κ3) is 4.70. The highest BCUT2D eigenvalue weighted by Gasteiger charge is 2.14. The molecule has 94 valence electrons. The molecule has 1 aromatic rings. The number of amides is 1. The van der Waals surface area contributed by atoms with Crippen molar-refractivity contribution < 1.29 is 4.79 Å². The van der Waals surface area contributed by atoms with Gasteiger partial charge in [0.1, 0.15) is 0 Å². The summed E-state index contributed by atoms with van der Waals surface area (Å²) in [5.41, 5.74) is 7.15. The number of thioether (sulfide) groups is 1. The van der Waals surface area contributed by atoms with Gasteiger partial charge in [0.2, 0.25) is 5.91 Å². The van der Waals surface area contributed by atoms with Gasteiger partial charge in [-0.05, 0) is 26.5 Å². The lowest BCUT2D eigenvalue weighted by Crippen LogP contribution is -2.43.